The Bertz CT molecular complexity index is 737. The molecule has 2 rings (SSSR count). The van der Waals surface area contributed by atoms with Gasteiger partial charge in [-0.1, -0.05) is 31.2 Å². The van der Waals surface area contributed by atoms with Gasteiger partial charge in [0.05, 0.1) is 6.61 Å². The highest BCUT2D eigenvalue weighted by Gasteiger charge is 2.20. The summed E-state index contributed by atoms with van der Waals surface area (Å²) in [4.78, 5) is 1.29. The molecule has 0 heterocycles. The number of aryl methyl sites for hydroxylation is 2. The Morgan fingerprint density at radius 2 is 1.69 bits per heavy atom. The summed E-state index contributed by atoms with van der Waals surface area (Å²) in [5.74, 6) is 1.22. The van der Waals surface area contributed by atoms with E-state index in [2.05, 4.69) is 75.6 Å². The maximum atomic E-state index is 9.44. The van der Waals surface area contributed by atoms with Crippen molar-refractivity contribution in [1.82, 2.24) is 0 Å². The Balaban J connectivity index is 2.17. The largest absolute Gasteiger partial charge is 0.485 e. The standard InChI is InChI=1S/C23H30O2S/c1-16(20-9-11-21(26-6)12-10-20)7-8-19-13-17(2)22(18(3)14-19)25-23(4,5)15-24/h7-14,16,24H,15H2,1-6H3/b8-7+. The average Bonchev–Trinajstić information content (AvgIpc) is 2.63. The lowest BCUT2D eigenvalue weighted by atomic mass is 9.98. The van der Waals surface area contributed by atoms with Crippen LogP contribution in [-0.2, 0) is 0 Å². The van der Waals surface area contributed by atoms with Gasteiger partial charge >= 0.3 is 0 Å². The molecule has 26 heavy (non-hydrogen) atoms. The molecule has 0 radical (unpaired) electrons. The van der Waals surface area contributed by atoms with Gasteiger partial charge in [-0.05, 0) is 86.4 Å². The molecule has 1 unspecified atom stereocenters. The minimum absolute atomic E-state index is 0.0135. The Labute approximate surface area is 162 Å². The second-order valence-corrected chi connectivity index (χ2v) is 8.30. The first-order chi connectivity index (χ1) is 12.3. The Hall–Kier alpha value is -1.71. The summed E-state index contributed by atoms with van der Waals surface area (Å²) in [5, 5.41) is 9.44. The van der Waals surface area contributed by atoms with Gasteiger partial charge in [0, 0.05) is 4.90 Å². The number of hydrogen-bond acceptors (Lipinski definition) is 3. The first kappa shape index (κ1) is 20.6. The topological polar surface area (TPSA) is 29.5 Å². The molecule has 0 aromatic heterocycles. The molecular weight excluding hydrogens is 340 g/mol. The number of aliphatic hydroxyl groups excluding tert-OH is 1. The van der Waals surface area contributed by atoms with Crippen molar-refractivity contribution in [1.29, 1.82) is 0 Å². The molecule has 2 nitrogen and oxygen atoms in total. The van der Waals surface area contributed by atoms with E-state index in [1.807, 2.05) is 13.8 Å². The third-order valence-corrected chi connectivity index (χ3v) is 5.20. The second kappa shape index (κ2) is 8.79. The van der Waals surface area contributed by atoms with Crippen LogP contribution in [0.3, 0.4) is 0 Å². The molecule has 0 bridgehead atoms. The SMILES string of the molecule is CSc1ccc(C(C)/C=C/c2cc(C)c(OC(C)(C)CO)c(C)c2)cc1. The van der Waals surface area contributed by atoms with Gasteiger partial charge in [0.25, 0.3) is 0 Å². The molecule has 0 spiro atoms. The summed E-state index contributed by atoms with van der Waals surface area (Å²) < 4.78 is 6.01. The van der Waals surface area contributed by atoms with Gasteiger partial charge in [0.2, 0.25) is 0 Å². The predicted octanol–water partition coefficient (Wildman–Crippen LogP) is 5.99. The van der Waals surface area contributed by atoms with E-state index < -0.39 is 5.60 Å². The normalized spacial score (nSPS) is 13.2. The molecular formula is C23H30O2S. The average molecular weight is 371 g/mol. The van der Waals surface area contributed by atoms with Gasteiger partial charge in [0.15, 0.2) is 0 Å². The number of aliphatic hydroxyl groups is 1. The number of allylic oxidation sites excluding steroid dienone is 1. The van der Waals surface area contributed by atoms with Crippen LogP contribution in [0.2, 0.25) is 0 Å². The van der Waals surface area contributed by atoms with Crippen LogP contribution in [0.5, 0.6) is 5.75 Å². The van der Waals surface area contributed by atoms with Gasteiger partial charge in [-0.3, -0.25) is 0 Å². The smallest absolute Gasteiger partial charge is 0.126 e. The second-order valence-electron chi connectivity index (χ2n) is 7.42. The van der Waals surface area contributed by atoms with E-state index in [0.717, 1.165) is 16.9 Å². The molecule has 1 atom stereocenters. The van der Waals surface area contributed by atoms with Gasteiger partial charge in [-0.25, -0.2) is 0 Å². The van der Waals surface area contributed by atoms with Crippen molar-refractivity contribution < 1.29 is 9.84 Å². The Morgan fingerprint density at radius 1 is 1.12 bits per heavy atom. The van der Waals surface area contributed by atoms with Crippen molar-refractivity contribution in [2.75, 3.05) is 12.9 Å². The predicted molar refractivity (Wildman–Crippen MR) is 113 cm³/mol. The zero-order valence-corrected chi connectivity index (χ0v) is 17.5. The van der Waals surface area contributed by atoms with Crippen molar-refractivity contribution in [2.24, 2.45) is 0 Å². The van der Waals surface area contributed by atoms with Crippen molar-refractivity contribution >= 4 is 17.8 Å². The van der Waals surface area contributed by atoms with Crippen molar-refractivity contribution in [3.63, 3.8) is 0 Å². The Kier molecular flexibility index (Phi) is 6.96. The van der Waals surface area contributed by atoms with E-state index >= 15 is 0 Å². The molecule has 0 aliphatic carbocycles. The summed E-state index contributed by atoms with van der Waals surface area (Å²) in [6.07, 6.45) is 6.51. The van der Waals surface area contributed by atoms with Crippen LogP contribution in [0.4, 0.5) is 0 Å². The van der Waals surface area contributed by atoms with Crippen molar-refractivity contribution in [2.45, 2.75) is 51.0 Å². The highest BCUT2D eigenvalue weighted by atomic mass is 32.2. The number of rotatable bonds is 7. The molecule has 0 aliphatic heterocycles. The highest BCUT2D eigenvalue weighted by Crippen LogP contribution is 2.29. The fourth-order valence-electron chi connectivity index (χ4n) is 2.82. The van der Waals surface area contributed by atoms with Crippen LogP contribution >= 0.6 is 11.8 Å². The fraction of sp³-hybridized carbons (Fsp3) is 0.391. The molecule has 0 amide bonds. The summed E-state index contributed by atoms with van der Waals surface area (Å²) in [7, 11) is 0. The van der Waals surface area contributed by atoms with Crippen LogP contribution < -0.4 is 4.74 Å². The number of benzene rings is 2. The third kappa shape index (κ3) is 5.39. The first-order valence-corrected chi connectivity index (χ1v) is 10.2. The lowest BCUT2D eigenvalue weighted by molar-refractivity contribution is 0.0401. The molecule has 0 saturated heterocycles. The molecule has 1 N–H and O–H groups in total. The van der Waals surface area contributed by atoms with E-state index in [4.69, 9.17) is 4.74 Å². The summed E-state index contributed by atoms with van der Waals surface area (Å²) in [6.45, 7) is 10.1. The van der Waals surface area contributed by atoms with Crippen LogP contribution in [0, 0.1) is 13.8 Å². The van der Waals surface area contributed by atoms with Crippen molar-refractivity contribution in [3.05, 3.63) is 64.7 Å². The lowest BCUT2D eigenvalue weighted by Gasteiger charge is -2.26. The zero-order valence-electron chi connectivity index (χ0n) is 16.7. The Morgan fingerprint density at radius 3 is 2.19 bits per heavy atom. The van der Waals surface area contributed by atoms with Crippen molar-refractivity contribution in [3.8, 4) is 5.75 Å². The quantitative estimate of drug-likeness (QED) is 0.607. The molecule has 2 aromatic rings. The van der Waals surface area contributed by atoms with Crippen LogP contribution in [0.1, 0.15) is 48.9 Å². The van der Waals surface area contributed by atoms with E-state index in [0.29, 0.717) is 5.92 Å². The molecule has 0 fully saturated rings. The highest BCUT2D eigenvalue weighted by molar-refractivity contribution is 7.98. The lowest BCUT2D eigenvalue weighted by Crippen LogP contribution is -2.33. The summed E-state index contributed by atoms with van der Waals surface area (Å²) in [6, 6.07) is 13.0. The minimum Gasteiger partial charge on any atom is -0.485 e. The minimum atomic E-state index is -0.579. The van der Waals surface area contributed by atoms with Crippen LogP contribution in [0.15, 0.2) is 47.4 Å². The van der Waals surface area contributed by atoms with Gasteiger partial charge in [0.1, 0.15) is 11.4 Å². The zero-order chi connectivity index (χ0) is 19.3. The number of hydrogen-bond donors (Lipinski definition) is 1. The van der Waals surface area contributed by atoms with E-state index in [1.165, 1.54) is 16.0 Å². The maximum Gasteiger partial charge on any atom is 0.126 e. The molecule has 3 heteroatoms. The third-order valence-electron chi connectivity index (χ3n) is 4.46. The molecule has 0 saturated carbocycles. The molecule has 2 aromatic carbocycles. The van der Waals surface area contributed by atoms with Crippen LogP contribution in [-0.4, -0.2) is 23.6 Å². The van der Waals surface area contributed by atoms with Gasteiger partial charge in [-0.15, -0.1) is 11.8 Å². The monoisotopic (exact) mass is 370 g/mol. The molecule has 140 valence electrons. The molecule has 0 aliphatic rings. The first-order valence-electron chi connectivity index (χ1n) is 8.99. The van der Waals surface area contributed by atoms with Gasteiger partial charge < -0.3 is 9.84 Å². The fourth-order valence-corrected chi connectivity index (χ4v) is 3.23. The summed E-state index contributed by atoms with van der Waals surface area (Å²) in [5.41, 5.74) is 4.08. The summed E-state index contributed by atoms with van der Waals surface area (Å²) >= 11 is 1.76. The number of ether oxygens (including phenoxy) is 1. The van der Waals surface area contributed by atoms with E-state index in [9.17, 15) is 5.11 Å². The van der Waals surface area contributed by atoms with E-state index in [-0.39, 0.29) is 6.61 Å². The van der Waals surface area contributed by atoms with Crippen LogP contribution in [0.25, 0.3) is 6.08 Å². The van der Waals surface area contributed by atoms with Gasteiger partial charge in [-0.2, -0.15) is 0 Å². The van der Waals surface area contributed by atoms with E-state index in [1.54, 1.807) is 11.8 Å². The number of thioether (sulfide) groups is 1. The maximum absolute atomic E-state index is 9.44.